The van der Waals surface area contributed by atoms with Gasteiger partial charge in [-0.3, -0.25) is 4.90 Å². The summed E-state index contributed by atoms with van der Waals surface area (Å²) in [5, 5.41) is 5.25. The number of fused-ring (bicyclic) bond motifs is 1. The number of hydrogen-bond donors (Lipinski definition) is 0. The normalized spacial score (nSPS) is 15.4. The molecule has 0 saturated carbocycles. The summed E-state index contributed by atoms with van der Waals surface area (Å²) in [6.07, 6.45) is 0. The molecule has 0 atom stereocenters. The van der Waals surface area contributed by atoms with Crippen LogP contribution in [0.2, 0.25) is 0 Å². The lowest BCUT2D eigenvalue weighted by molar-refractivity contribution is 0.215. The monoisotopic (exact) mass is 391 g/mol. The van der Waals surface area contributed by atoms with Gasteiger partial charge in [-0.2, -0.15) is 4.98 Å². The Balaban J connectivity index is 1.21. The number of aromatic nitrogens is 3. The summed E-state index contributed by atoms with van der Waals surface area (Å²) in [4.78, 5) is 14.1. The van der Waals surface area contributed by atoms with E-state index in [1.807, 2.05) is 18.2 Å². The second-order valence-electron chi connectivity index (χ2n) is 7.11. The Morgan fingerprint density at radius 2 is 1.75 bits per heavy atom. The topological polar surface area (TPSA) is 58.3 Å². The van der Waals surface area contributed by atoms with Crippen LogP contribution in [0.3, 0.4) is 0 Å². The molecule has 142 valence electrons. The fourth-order valence-electron chi connectivity index (χ4n) is 3.42. The summed E-state index contributed by atoms with van der Waals surface area (Å²) in [7, 11) is 0. The molecule has 0 unspecified atom stereocenters. The van der Waals surface area contributed by atoms with Crippen LogP contribution in [0.25, 0.3) is 21.6 Å². The zero-order chi connectivity index (χ0) is 18.9. The first-order valence-electron chi connectivity index (χ1n) is 9.47. The van der Waals surface area contributed by atoms with Crippen LogP contribution in [0.5, 0.6) is 0 Å². The van der Waals surface area contributed by atoms with Gasteiger partial charge in [-0.25, -0.2) is 4.98 Å². The molecule has 0 spiro atoms. The predicted octanol–water partition coefficient (Wildman–Crippen LogP) is 3.98. The van der Waals surface area contributed by atoms with Gasteiger partial charge in [0.05, 0.1) is 16.8 Å². The molecule has 3 heterocycles. The Bertz CT molecular complexity index is 1050. The van der Waals surface area contributed by atoms with Crippen LogP contribution in [-0.2, 0) is 6.54 Å². The molecule has 1 aliphatic rings. The number of rotatable bonds is 4. The molecule has 2 aromatic carbocycles. The van der Waals surface area contributed by atoms with E-state index in [9.17, 15) is 0 Å². The minimum Gasteiger partial charge on any atom is -0.345 e. The largest absolute Gasteiger partial charge is 0.345 e. The van der Waals surface area contributed by atoms with Crippen molar-refractivity contribution in [1.82, 2.24) is 20.0 Å². The molecule has 4 aromatic rings. The maximum absolute atomic E-state index is 5.48. The lowest BCUT2D eigenvalue weighted by atomic mass is 10.1. The van der Waals surface area contributed by atoms with Crippen LogP contribution in [0.1, 0.15) is 11.5 Å². The van der Waals surface area contributed by atoms with E-state index in [0.29, 0.717) is 18.3 Å². The highest BCUT2D eigenvalue weighted by molar-refractivity contribution is 7.22. The molecular weight excluding hydrogens is 370 g/mol. The number of piperazine rings is 1. The number of benzene rings is 2. The summed E-state index contributed by atoms with van der Waals surface area (Å²) < 4.78 is 6.72. The SMILES string of the molecule is Cc1ccc(-c2noc(CN3CCN(c4nc5ccccc5s4)CC3)n2)cc1. The van der Waals surface area contributed by atoms with E-state index in [2.05, 4.69) is 57.2 Å². The highest BCUT2D eigenvalue weighted by Gasteiger charge is 2.21. The number of thiazole rings is 1. The molecule has 1 saturated heterocycles. The molecule has 28 heavy (non-hydrogen) atoms. The number of aryl methyl sites for hydroxylation is 1. The van der Waals surface area contributed by atoms with E-state index >= 15 is 0 Å². The van der Waals surface area contributed by atoms with Crippen molar-refractivity contribution in [3.63, 3.8) is 0 Å². The zero-order valence-electron chi connectivity index (χ0n) is 15.7. The Morgan fingerprint density at radius 3 is 2.54 bits per heavy atom. The maximum Gasteiger partial charge on any atom is 0.241 e. The third-order valence-electron chi connectivity index (χ3n) is 5.06. The summed E-state index contributed by atoms with van der Waals surface area (Å²) in [6, 6.07) is 16.5. The highest BCUT2D eigenvalue weighted by atomic mass is 32.1. The van der Waals surface area contributed by atoms with Gasteiger partial charge in [-0.1, -0.05) is 58.5 Å². The van der Waals surface area contributed by atoms with Crippen LogP contribution in [0.4, 0.5) is 5.13 Å². The standard InChI is InChI=1S/C21H21N5OS/c1-15-6-8-16(9-7-15)20-23-19(27-24-20)14-25-10-12-26(13-11-25)21-22-17-4-2-3-5-18(17)28-21/h2-9H,10-14H2,1H3. The van der Waals surface area contributed by atoms with Crippen LogP contribution in [-0.4, -0.2) is 46.2 Å². The summed E-state index contributed by atoms with van der Waals surface area (Å²) in [6.45, 7) is 6.58. The lowest BCUT2D eigenvalue weighted by Crippen LogP contribution is -2.46. The van der Waals surface area contributed by atoms with Gasteiger partial charge in [0.25, 0.3) is 0 Å². The van der Waals surface area contributed by atoms with Gasteiger partial charge >= 0.3 is 0 Å². The van der Waals surface area contributed by atoms with Crippen LogP contribution >= 0.6 is 11.3 Å². The first-order valence-corrected chi connectivity index (χ1v) is 10.3. The minimum atomic E-state index is 0.656. The summed E-state index contributed by atoms with van der Waals surface area (Å²) >= 11 is 1.77. The van der Waals surface area contributed by atoms with Gasteiger partial charge < -0.3 is 9.42 Å². The molecule has 7 heteroatoms. The average Bonchev–Trinajstić information content (AvgIpc) is 3.36. The number of para-hydroxylation sites is 1. The van der Waals surface area contributed by atoms with Crippen molar-refractivity contribution in [3.8, 4) is 11.4 Å². The first kappa shape index (κ1) is 17.3. The molecule has 1 fully saturated rings. The average molecular weight is 392 g/mol. The van der Waals surface area contributed by atoms with Crippen LogP contribution < -0.4 is 4.90 Å². The van der Waals surface area contributed by atoms with Crippen molar-refractivity contribution >= 4 is 26.7 Å². The van der Waals surface area contributed by atoms with Gasteiger partial charge in [0.1, 0.15) is 0 Å². The second-order valence-corrected chi connectivity index (χ2v) is 8.11. The van der Waals surface area contributed by atoms with E-state index < -0.39 is 0 Å². The van der Waals surface area contributed by atoms with Crippen LogP contribution in [0.15, 0.2) is 53.1 Å². The Kier molecular flexibility index (Phi) is 4.54. The molecular formula is C21H21N5OS. The van der Waals surface area contributed by atoms with Gasteiger partial charge in [0, 0.05) is 31.7 Å². The molecule has 0 N–H and O–H groups in total. The first-order chi connectivity index (χ1) is 13.7. The quantitative estimate of drug-likeness (QED) is 0.525. The Labute approximate surface area is 167 Å². The molecule has 5 rings (SSSR count). The third kappa shape index (κ3) is 3.50. The van der Waals surface area contributed by atoms with E-state index in [1.165, 1.54) is 10.3 Å². The number of hydrogen-bond acceptors (Lipinski definition) is 7. The number of nitrogens with zero attached hydrogens (tertiary/aromatic N) is 5. The van der Waals surface area contributed by atoms with Gasteiger partial charge in [-0.05, 0) is 19.1 Å². The molecule has 0 radical (unpaired) electrons. The van der Waals surface area contributed by atoms with Crippen molar-refractivity contribution in [2.24, 2.45) is 0 Å². The zero-order valence-corrected chi connectivity index (χ0v) is 16.5. The Morgan fingerprint density at radius 1 is 0.964 bits per heavy atom. The second kappa shape index (κ2) is 7.33. The Hall–Kier alpha value is -2.77. The van der Waals surface area contributed by atoms with Crippen molar-refractivity contribution in [2.75, 3.05) is 31.1 Å². The molecule has 0 bridgehead atoms. The fourth-order valence-corrected chi connectivity index (χ4v) is 4.44. The fraction of sp³-hybridized carbons (Fsp3) is 0.286. The lowest BCUT2D eigenvalue weighted by Gasteiger charge is -2.33. The molecule has 2 aromatic heterocycles. The molecule has 6 nitrogen and oxygen atoms in total. The number of anilines is 1. The van der Waals surface area contributed by atoms with Gasteiger partial charge in [-0.15, -0.1) is 0 Å². The van der Waals surface area contributed by atoms with Gasteiger partial charge in [0.2, 0.25) is 11.7 Å². The predicted molar refractivity (Wildman–Crippen MR) is 112 cm³/mol. The van der Waals surface area contributed by atoms with Crippen LogP contribution in [0, 0.1) is 6.92 Å². The van der Waals surface area contributed by atoms with Crippen molar-refractivity contribution < 1.29 is 4.52 Å². The van der Waals surface area contributed by atoms with E-state index in [1.54, 1.807) is 11.3 Å². The van der Waals surface area contributed by atoms with E-state index in [0.717, 1.165) is 42.4 Å². The van der Waals surface area contributed by atoms with Crippen molar-refractivity contribution in [2.45, 2.75) is 13.5 Å². The molecule has 0 aliphatic carbocycles. The van der Waals surface area contributed by atoms with E-state index in [4.69, 9.17) is 9.51 Å². The third-order valence-corrected chi connectivity index (χ3v) is 6.16. The minimum absolute atomic E-state index is 0.656. The summed E-state index contributed by atoms with van der Waals surface area (Å²) in [5.41, 5.74) is 3.29. The summed E-state index contributed by atoms with van der Waals surface area (Å²) in [5.74, 6) is 1.33. The smallest absolute Gasteiger partial charge is 0.241 e. The van der Waals surface area contributed by atoms with E-state index in [-0.39, 0.29) is 0 Å². The molecule has 0 amide bonds. The van der Waals surface area contributed by atoms with Crippen molar-refractivity contribution in [1.29, 1.82) is 0 Å². The van der Waals surface area contributed by atoms with Gasteiger partial charge in [0.15, 0.2) is 5.13 Å². The molecule has 1 aliphatic heterocycles. The maximum atomic E-state index is 5.48. The van der Waals surface area contributed by atoms with Crippen molar-refractivity contribution in [3.05, 3.63) is 60.0 Å². The highest BCUT2D eigenvalue weighted by Crippen LogP contribution is 2.29.